The summed E-state index contributed by atoms with van der Waals surface area (Å²) < 4.78 is 25.4. The molecule has 0 saturated carbocycles. The van der Waals surface area contributed by atoms with Crippen molar-refractivity contribution in [3.05, 3.63) is 35.4 Å². The molecule has 0 spiro atoms. The van der Waals surface area contributed by atoms with Gasteiger partial charge in [0.1, 0.15) is 0 Å². The lowest BCUT2D eigenvalue weighted by molar-refractivity contribution is 0.505. The molecule has 0 aliphatic rings. The second-order valence-corrected chi connectivity index (χ2v) is 3.48. The smallest absolute Gasteiger partial charge is 0.159 e. The van der Waals surface area contributed by atoms with Crippen LogP contribution >= 0.6 is 0 Å². The molecule has 1 aromatic carbocycles. The first-order chi connectivity index (χ1) is 6.63. The highest BCUT2D eigenvalue weighted by Gasteiger charge is 2.04. The van der Waals surface area contributed by atoms with Crippen molar-refractivity contribution in [2.24, 2.45) is 0 Å². The second-order valence-electron chi connectivity index (χ2n) is 3.48. The topological polar surface area (TPSA) is 12.0 Å². The Kier molecular flexibility index (Phi) is 4.01. The van der Waals surface area contributed by atoms with Crippen molar-refractivity contribution in [1.29, 1.82) is 0 Å². The van der Waals surface area contributed by atoms with Gasteiger partial charge in [0, 0.05) is 6.04 Å². The zero-order chi connectivity index (χ0) is 10.6. The van der Waals surface area contributed by atoms with Crippen molar-refractivity contribution in [1.82, 2.24) is 5.32 Å². The maximum absolute atomic E-state index is 12.8. The first-order valence-corrected chi connectivity index (χ1v) is 4.74. The van der Waals surface area contributed by atoms with E-state index in [-0.39, 0.29) is 0 Å². The Hall–Kier alpha value is -0.960. The molecule has 0 aromatic heterocycles. The summed E-state index contributed by atoms with van der Waals surface area (Å²) in [4.78, 5) is 0. The van der Waals surface area contributed by atoms with Crippen LogP contribution in [-0.4, -0.2) is 13.1 Å². The molecular weight excluding hydrogens is 184 g/mol. The first kappa shape index (κ1) is 11.1. The minimum Gasteiger partial charge on any atom is -0.317 e. The highest BCUT2D eigenvalue weighted by molar-refractivity contribution is 5.17. The van der Waals surface area contributed by atoms with Crippen LogP contribution < -0.4 is 5.32 Å². The van der Waals surface area contributed by atoms with Crippen LogP contribution in [0.4, 0.5) is 8.78 Å². The van der Waals surface area contributed by atoms with Crippen LogP contribution in [0.25, 0.3) is 0 Å². The third kappa shape index (κ3) is 3.07. The Morgan fingerprint density at radius 2 is 2.00 bits per heavy atom. The summed E-state index contributed by atoms with van der Waals surface area (Å²) in [7, 11) is 1.88. The van der Waals surface area contributed by atoms with Gasteiger partial charge in [0.15, 0.2) is 11.6 Å². The van der Waals surface area contributed by atoms with Gasteiger partial charge >= 0.3 is 0 Å². The number of nitrogens with one attached hydrogen (secondary N) is 1. The van der Waals surface area contributed by atoms with Gasteiger partial charge in [-0.1, -0.05) is 6.07 Å². The molecule has 0 amide bonds. The van der Waals surface area contributed by atoms with E-state index in [2.05, 4.69) is 12.2 Å². The van der Waals surface area contributed by atoms with Crippen LogP contribution in [0.15, 0.2) is 18.2 Å². The zero-order valence-corrected chi connectivity index (χ0v) is 8.48. The van der Waals surface area contributed by atoms with E-state index in [0.29, 0.717) is 6.04 Å². The summed E-state index contributed by atoms with van der Waals surface area (Å²) in [5, 5.41) is 3.09. The van der Waals surface area contributed by atoms with Crippen molar-refractivity contribution < 1.29 is 8.78 Å². The van der Waals surface area contributed by atoms with Gasteiger partial charge in [-0.25, -0.2) is 8.78 Å². The minimum atomic E-state index is -0.782. The molecule has 1 nitrogen and oxygen atoms in total. The van der Waals surface area contributed by atoms with E-state index in [1.54, 1.807) is 6.07 Å². The molecule has 0 bridgehead atoms. The summed E-state index contributed by atoms with van der Waals surface area (Å²) in [5.74, 6) is -1.55. The summed E-state index contributed by atoms with van der Waals surface area (Å²) in [6.07, 6.45) is 1.68. The Morgan fingerprint density at radius 3 is 2.57 bits per heavy atom. The average Bonchev–Trinajstić information content (AvgIpc) is 2.19. The van der Waals surface area contributed by atoms with Crippen molar-refractivity contribution in [2.75, 3.05) is 7.05 Å². The molecule has 14 heavy (non-hydrogen) atoms. The Morgan fingerprint density at radius 1 is 1.29 bits per heavy atom. The van der Waals surface area contributed by atoms with Crippen LogP contribution in [0.2, 0.25) is 0 Å². The van der Waals surface area contributed by atoms with Crippen molar-refractivity contribution in [3.63, 3.8) is 0 Å². The number of rotatable bonds is 4. The Bertz CT molecular complexity index is 299. The van der Waals surface area contributed by atoms with Crippen molar-refractivity contribution >= 4 is 0 Å². The van der Waals surface area contributed by atoms with Gasteiger partial charge in [0.05, 0.1) is 0 Å². The molecule has 1 rings (SSSR count). The standard InChI is InChI=1S/C11H15F2N/c1-8(14-2)3-4-9-5-6-10(12)11(13)7-9/h5-8,14H,3-4H2,1-2H3. The molecule has 1 atom stereocenters. The third-order valence-electron chi connectivity index (χ3n) is 2.34. The molecular formula is C11H15F2N. The van der Waals surface area contributed by atoms with Crippen LogP contribution in [0.1, 0.15) is 18.9 Å². The molecule has 78 valence electrons. The van der Waals surface area contributed by atoms with Gasteiger partial charge in [0.2, 0.25) is 0 Å². The van der Waals surface area contributed by atoms with E-state index in [0.717, 1.165) is 18.4 Å². The van der Waals surface area contributed by atoms with E-state index >= 15 is 0 Å². The molecule has 1 unspecified atom stereocenters. The summed E-state index contributed by atoms with van der Waals surface area (Å²) in [5.41, 5.74) is 0.839. The number of hydrogen-bond donors (Lipinski definition) is 1. The second kappa shape index (κ2) is 5.05. The highest BCUT2D eigenvalue weighted by atomic mass is 19.2. The molecule has 3 heteroatoms. The van der Waals surface area contributed by atoms with Gasteiger partial charge < -0.3 is 5.32 Å². The van der Waals surface area contributed by atoms with Crippen LogP contribution in [0.3, 0.4) is 0 Å². The minimum absolute atomic E-state index is 0.392. The SMILES string of the molecule is CNC(C)CCc1ccc(F)c(F)c1. The molecule has 0 heterocycles. The quantitative estimate of drug-likeness (QED) is 0.785. The van der Waals surface area contributed by atoms with Crippen LogP contribution in [-0.2, 0) is 6.42 Å². The molecule has 0 saturated heterocycles. The predicted octanol–water partition coefficient (Wildman–Crippen LogP) is 2.51. The third-order valence-corrected chi connectivity index (χ3v) is 2.34. The normalized spacial score (nSPS) is 12.9. The lowest BCUT2D eigenvalue weighted by atomic mass is 10.1. The van der Waals surface area contributed by atoms with Gasteiger partial charge in [-0.2, -0.15) is 0 Å². The maximum atomic E-state index is 12.8. The lowest BCUT2D eigenvalue weighted by Gasteiger charge is -2.09. The largest absolute Gasteiger partial charge is 0.317 e. The van der Waals surface area contributed by atoms with E-state index < -0.39 is 11.6 Å². The Labute approximate surface area is 83.1 Å². The fraction of sp³-hybridized carbons (Fsp3) is 0.455. The fourth-order valence-electron chi connectivity index (χ4n) is 1.22. The predicted molar refractivity (Wildman–Crippen MR) is 53.2 cm³/mol. The number of hydrogen-bond acceptors (Lipinski definition) is 1. The molecule has 0 aliphatic heterocycles. The number of halogens is 2. The van der Waals surface area contributed by atoms with Gasteiger partial charge in [-0.3, -0.25) is 0 Å². The van der Waals surface area contributed by atoms with Crippen molar-refractivity contribution in [2.45, 2.75) is 25.8 Å². The molecule has 0 fully saturated rings. The Balaban J connectivity index is 2.55. The number of aryl methyl sites for hydroxylation is 1. The number of benzene rings is 1. The van der Waals surface area contributed by atoms with Crippen LogP contribution in [0.5, 0.6) is 0 Å². The molecule has 0 radical (unpaired) electrons. The lowest BCUT2D eigenvalue weighted by Crippen LogP contribution is -2.21. The van der Waals surface area contributed by atoms with E-state index in [9.17, 15) is 8.78 Å². The van der Waals surface area contributed by atoms with Gasteiger partial charge in [0.25, 0.3) is 0 Å². The van der Waals surface area contributed by atoms with Gasteiger partial charge in [-0.15, -0.1) is 0 Å². The average molecular weight is 199 g/mol. The highest BCUT2D eigenvalue weighted by Crippen LogP contribution is 2.11. The van der Waals surface area contributed by atoms with Crippen molar-refractivity contribution in [3.8, 4) is 0 Å². The van der Waals surface area contributed by atoms with E-state index in [1.165, 1.54) is 12.1 Å². The zero-order valence-electron chi connectivity index (χ0n) is 8.48. The monoisotopic (exact) mass is 199 g/mol. The first-order valence-electron chi connectivity index (χ1n) is 4.74. The summed E-state index contributed by atoms with van der Waals surface area (Å²) in [6.45, 7) is 2.06. The van der Waals surface area contributed by atoms with E-state index in [1.807, 2.05) is 7.05 Å². The summed E-state index contributed by atoms with van der Waals surface area (Å²) >= 11 is 0. The summed E-state index contributed by atoms with van der Waals surface area (Å²) in [6, 6.07) is 4.45. The van der Waals surface area contributed by atoms with Crippen LogP contribution in [0, 0.1) is 11.6 Å². The molecule has 1 N–H and O–H groups in total. The maximum Gasteiger partial charge on any atom is 0.159 e. The van der Waals surface area contributed by atoms with Gasteiger partial charge in [-0.05, 0) is 44.5 Å². The van der Waals surface area contributed by atoms with E-state index in [4.69, 9.17) is 0 Å². The molecule has 1 aromatic rings. The molecule has 0 aliphatic carbocycles. The fourth-order valence-corrected chi connectivity index (χ4v) is 1.22.